The first-order valence-electron chi connectivity index (χ1n) is 7.22. The molecule has 6 nitrogen and oxygen atoms in total. The summed E-state index contributed by atoms with van der Waals surface area (Å²) in [5, 5.41) is 0. The van der Waals surface area contributed by atoms with Crippen LogP contribution in [0.5, 0.6) is 5.75 Å². The Balaban J connectivity index is 2.01. The predicted molar refractivity (Wildman–Crippen MR) is 80.9 cm³/mol. The molecule has 1 fully saturated rings. The molecule has 0 saturated carbocycles. The van der Waals surface area contributed by atoms with Crippen LogP contribution in [-0.4, -0.2) is 57.5 Å². The van der Waals surface area contributed by atoms with E-state index >= 15 is 0 Å². The highest BCUT2D eigenvalue weighted by Gasteiger charge is 2.32. The van der Waals surface area contributed by atoms with E-state index in [9.17, 15) is 8.42 Å². The van der Waals surface area contributed by atoms with Crippen LogP contribution in [0.25, 0.3) is 0 Å². The van der Waals surface area contributed by atoms with Crippen molar-refractivity contribution in [3.05, 3.63) is 17.7 Å². The molecule has 1 saturated heterocycles. The molecule has 3 rings (SSSR count). The van der Waals surface area contributed by atoms with Crippen LogP contribution >= 0.6 is 0 Å². The number of aryl methyl sites for hydroxylation is 1. The van der Waals surface area contributed by atoms with Gasteiger partial charge in [0.15, 0.2) is 0 Å². The third kappa shape index (κ3) is 2.73. The molecule has 7 heteroatoms. The minimum Gasteiger partial charge on any atom is -0.492 e. The topological polar surface area (TPSA) is 75.9 Å². The number of likely N-dealkylation sites (N-methyl/N-ethyl adjacent to an activating group) is 1. The summed E-state index contributed by atoms with van der Waals surface area (Å²) in [4.78, 5) is 2.35. The van der Waals surface area contributed by atoms with Crippen LogP contribution in [0.1, 0.15) is 12.0 Å². The largest absolute Gasteiger partial charge is 0.492 e. The van der Waals surface area contributed by atoms with E-state index in [4.69, 9.17) is 10.5 Å². The van der Waals surface area contributed by atoms with Crippen LogP contribution in [0.15, 0.2) is 17.0 Å². The number of hydrogen-bond acceptors (Lipinski definition) is 5. The summed E-state index contributed by atoms with van der Waals surface area (Å²) in [5.41, 5.74) is 7.26. The van der Waals surface area contributed by atoms with Gasteiger partial charge in [-0.05, 0) is 37.6 Å². The van der Waals surface area contributed by atoms with E-state index in [1.165, 1.54) is 10.4 Å². The molecule has 0 aliphatic carbocycles. The van der Waals surface area contributed by atoms with Gasteiger partial charge in [-0.15, -0.1) is 0 Å². The third-order valence-electron chi connectivity index (χ3n) is 4.07. The molecule has 0 spiro atoms. The van der Waals surface area contributed by atoms with Gasteiger partial charge >= 0.3 is 0 Å². The first-order valence-corrected chi connectivity index (χ1v) is 8.66. The predicted octanol–water partition coefficient (Wildman–Crippen LogP) is 0.530. The van der Waals surface area contributed by atoms with Crippen molar-refractivity contribution in [2.24, 2.45) is 0 Å². The quantitative estimate of drug-likeness (QED) is 0.806. The van der Waals surface area contributed by atoms with E-state index in [0.29, 0.717) is 31.1 Å². The van der Waals surface area contributed by atoms with Crippen molar-refractivity contribution in [3.63, 3.8) is 0 Å². The molecule has 2 N–H and O–H groups in total. The second kappa shape index (κ2) is 5.47. The Morgan fingerprint density at radius 2 is 1.90 bits per heavy atom. The van der Waals surface area contributed by atoms with Gasteiger partial charge in [0.05, 0.1) is 6.61 Å². The molecule has 0 radical (unpaired) electrons. The molecule has 1 aromatic carbocycles. The third-order valence-corrected chi connectivity index (χ3v) is 5.98. The Labute approximate surface area is 125 Å². The molecule has 0 atom stereocenters. The van der Waals surface area contributed by atoms with Gasteiger partial charge in [-0.1, -0.05) is 0 Å². The number of nitrogens with two attached hydrogens (primary N) is 1. The summed E-state index contributed by atoms with van der Waals surface area (Å²) >= 11 is 0. The Morgan fingerprint density at radius 1 is 1.19 bits per heavy atom. The van der Waals surface area contributed by atoms with Crippen molar-refractivity contribution in [2.45, 2.75) is 17.7 Å². The van der Waals surface area contributed by atoms with E-state index in [0.717, 1.165) is 31.5 Å². The SMILES string of the molecule is CN1CCN(S(=O)(=O)c2cc(N)cc3c2OCCC3)CC1. The van der Waals surface area contributed by atoms with E-state index < -0.39 is 10.0 Å². The maximum absolute atomic E-state index is 12.9. The van der Waals surface area contributed by atoms with Gasteiger partial charge in [-0.2, -0.15) is 4.31 Å². The molecule has 21 heavy (non-hydrogen) atoms. The number of nitrogens with zero attached hydrogens (tertiary/aromatic N) is 2. The molecule has 0 amide bonds. The van der Waals surface area contributed by atoms with Gasteiger partial charge in [0, 0.05) is 31.9 Å². The van der Waals surface area contributed by atoms with E-state index in [1.807, 2.05) is 13.1 Å². The fourth-order valence-electron chi connectivity index (χ4n) is 2.83. The van der Waals surface area contributed by atoms with Crippen LogP contribution in [-0.2, 0) is 16.4 Å². The summed E-state index contributed by atoms with van der Waals surface area (Å²) in [6.45, 7) is 3.04. The van der Waals surface area contributed by atoms with Crippen molar-refractivity contribution in [3.8, 4) is 5.75 Å². The molecular weight excluding hydrogens is 290 g/mol. The first kappa shape index (κ1) is 14.6. The number of benzene rings is 1. The van der Waals surface area contributed by atoms with Gasteiger partial charge in [-0.25, -0.2) is 8.42 Å². The Bertz CT molecular complexity index is 637. The van der Waals surface area contributed by atoms with Crippen molar-refractivity contribution < 1.29 is 13.2 Å². The Morgan fingerprint density at radius 3 is 2.62 bits per heavy atom. The van der Waals surface area contributed by atoms with Crippen molar-refractivity contribution >= 4 is 15.7 Å². The van der Waals surface area contributed by atoms with Gasteiger partial charge in [0.2, 0.25) is 10.0 Å². The number of sulfonamides is 1. The molecule has 1 aromatic rings. The molecule has 116 valence electrons. The highest BCUT2D eigenvalue weighted by atomic mass is 32.2. The zero-order valence-electron chi connectivity index (χ0n) is 12.2. The number of piperazine rings is 1. The van der Waals surface area contributed by atoms with Gasteiger partial charge in [-0.3, -0.25) is 0 Å². The lowest BCUT2D eigenvalue weighted by Crippen LogP contribution is -2.47. The summed E-state index contributed by atoms with van der Waals surface area (Å²) in [6.07, 6.45) is 1.70. The molecule has 0 aromatic heterocycles. The van der Waals surface area contributed by atoms with Crippen LogP contribution in [0.4, 0.5) is 5.69 Å². The monoisotopic (exact) mass is 311 g/mol. The molecule has 2 heterocycles. The second-order valence-corrected chi connectivity index (χ2v) is 7.57. The number of nitrogen functional groups attached to an aromatic ring is 1. The Kier molecular flexibility index (Phi) is 3.81. The lowest BCUT2D eigenvalue weighted by atomic mass is 10.1. The average molecular weight is 311 g/mol. The number of hydrogen-bond donors (Lipinski definition) is 1. The Hall–Kier alpha value is -1.31. The fourth-order valence-corrected chi connectivity index (χ4v) is 4.46. The minimum atomic E-state index is -3.55. The van der Waals surface area contributed by atoms with E-state index in [2.05, 4.69) is 4.90 Å². The van der Waals surface area contributed by atoms with Crippen molar-refractivity contribution in [1.82, 2.24) is 9.21 Å². The molecular formula is C14H21N3O3S. The lowest BCUT2D eigenvalue weighted by molar-refractivity contribution is 0.221. The minimum absolute atomic E-state index is 0.224. The molecule has 0 unspecified atom stereocenters. The maximum atomic E-state index is 12.9. The lowest BCUT2D eigenvalue weighted by Gasteiger charge is -2.32. The zero-order chi connectivity index (χ0) is 15.0. The number of rotatable bonds is 2. The van der Waals surface area contributed by atoms with Crippen molar-refractivity contribution in [1.29, 1.82) is 0 Å². The molecule has 2 aliphatic rings. The summed E-state index contributed by atoms with van der Waals surface area (Å²) < 4.78 is 32.9. The smallest absolute Gasteiger partial charge is 0.246 e. The van der Waals surface area contributed by atoms with Gasteiger partial charge < -0.3 is 15.4 Å². The average Bonchev–Trinajstić information content (AvgIpc) is 2.46. The van der Waals surface area contributed by atoms with Crippen LogP contribution < -0.4 is 10.5 Å². The van der Waals surface area contributed by atoms with Crippen molar-refractivity contribution in [2.75, 3.05) is 45.6 Å². The summed E-state index contributed by atoms with van der Waals surface area (Å²) in [7, 11) is -1.55. The van der Waals surface area contributed by atoms with E-state index in [-0.39, 0.29) is 4.90 Å². The number of fused-ring (bicyclic) bond motifs is 1. The van der Waals surface area contributed by atoms with Crippen LogP contribution in [0.3, 0.4) is 0 Å². The highest BCUT2D eigenvalue weighted by molar-refractivity contribution is 7.89. The van der Waals surface area contributed by atoms with Crippen LogP contribution in [0.2, 0.25) is 0 Å². The van der Waals surface area contributed by atoms with E-state index in [1.54, 1.807) is 0 Å². The van der Waals surface area contributed by atoms with Gasteiger partial charge in [0.1, 0.15) is 10.6 Å². The summed E-state index contributed by atoms with van der Waals surface area (Å²) in [6, 6.07) is 3.34. The van der Waals surface area contributed by atoms with Gasteiger partial charge in [0.25, 0.3) is 0 Å². The summed E-state index contributed by atoms with van der Waals surface area (Å²) in [5.74, 6) is 0.495. The number of ether oxygens (including phenoxy) is 1. The first-order chi connectivity index (χ1) is 9.98. The maximum Gasteiger partial charge on any atom is 0.246 e. The standard InChI is InChI=1S/C14H21N3O3S/c1-16-4-6-17(7-5-16)21(18,19)13-10-12(15)9-11-3-2-8-20-14(11)13/h9-10H,2-8,15H2,1H3. The highest BCUT2D eigenvalue weighted by Crippen LogP contribution is 2.36. The number of anilines is 1. The molecule has 0 bridgehead atoms. The van der Waals surface area contributed by atoms with Crippen LogP contribution in [0, 0.1) is 0 Å². The molecule has 2 aliphatic heterocycles. The fraction of sp³-hybridized carbons (Fsp3) is 0.571. The zero-order valence-corrected chi connectivity index (χ0v) is 13.0. The normalized spacial score (nSPS) is 20.8. The second-order valence-electron chi connectivity index (χ2n) is 5.67.